The van der Waals surface area contributed by atoms with Gasteiger partial charge in [-0.3, -0.25) is 14.6 Å². The van der Waals surface area contributed by atoms with Crippen LogP contribution in [0.15, 0.2) is 42.6 Å². The third-order valence-corrected chi connectivity index (χ3v) is 4.92. The van der Waals surface area contributed by atoms with Gasteiger partial charge in [-0.15, -0.1) is 0 Å². The molecule has 0 unspecified atom stereocenters. The molecular weight excluding hydrogens is 361 g/mol. The molecule has 0 spiro atoms. The zero-order chi connectivity index (χ0) is 19.9. The van der Waals surface area contributed by atoms with E-state index in [1.54, 1.807) is 42.5 Å². The van der Waals surface area contributed by atoms with Gasteiger partial charge in [0.1, 0.15) is 17.3 Å². The maximum Gasteiger partial charge on any atom is 0.272 e. The second kappa shape index (κ2) is 9.30. The van der Waals surface area contributed by atoms with Crippen molar-refractivity contribution in [2.75, 3.05) is 25.5 Å². The number of likely N-dealkylation sites (tertiary alicyclic amines) is 1. The number of ether oxygens (including phenoxy) is 1. The Morgan fingerprint density at radius 2 is 2.14 bits per heavy atom. The van der Waals surface area contributed by atoms with Crippen LogP contribution in [-0.2, 0) is 4.79 Å². The Kier molecular flexibility index (Phi) is 6.57. The molecule has 6 nitrogen and oxygen atoms in total. The monoisotopic (exact) mass is 385 g/mol. The number of anilines is 1. The summed E-state index contributed by atoms with van der Waals surface area (Å²) in [5.74, 6) is 0.0323. The standard InChI is InChI=1S/C21H24FN3O3/c1-28-16-10-11-23-19(13-16)21(27)25-12-4-5-15(14-25)8-9-20(26)24-18-7-3-2-6-17(18)22/h2-3,6-7,10-11,13,15H,4-5,8-9,12,14H2,1H3,(H,24,26)/t15-/m1/s1. The van der Waals surface area contributed by atoms with Crippen LogP contribution in [0, 0.1) is 11.7 Å². The van der Waals surface area contributed by atoms with Crippen LogP contribution in [0.3, 0.4) is 0 Å². The smallest absolute Gasteiger partial charge is 0.272 e. The number of pyridine rings is 1. The van der Waals surface area contributed by atoms with Crippen molar-refractivity contribution in [1.82, 2.24) is 9.88 Å². The number of hydrogen-bond donors (Lipinski definition) is 1. The molecule has 0 radical (unpaired) electrons. The van der Waals surface area contributed by atoms with E-state index >= 15 is 0 Å². The van der Waals surface area contributed by atoms with Crippen molar-refractivity contribution in [2.45, 2.75) is 25.7 Å². The molecule has 28 heavy (non-hydrogen) atoms. The van der Waals surface area contributed by atoms with Gasteiger partial charge in [-0.05, 0) is 43.4 Å². The van der Waals surface area contributed by atoms with E-state index in [2.05, 4.69) is 10.3 Å². The van der Waals surface area contributed by atoms with Crippen molar-refractivity contribution in [3.05, 3.63) is 54.1 Å². The van der Waals surface area contributed by atoms with Crippen molar-refractivity contribution < 1.29 is 18.7 Å². The number of carbonyl (C=O) groups is 2. The molecule has 0 aliphatic carbocycles. The minimum atomic E-state index is -0.448. The van der Waals surface area contributed by atoms with Gasteiger partial charge in [0, 0.05) is 31.8 Å². The van der Waals surface area contributed by atoms with E-state index in [1.807, 2.05) is 0 Å². The maximum atomic E-state index is 13.6. The molecule has 2 heterocycles. The van der Waals surface area contributed by atoms with Gasteiger partial charge in [0.05, 0.1) is 12.8 Å². The number of benzene rings is 1. The van der Waals surface area contributed by atoms with E-state index in [1.165, 1.54) is 12.1 Å². The largest absolute Gasteiger partial charge is 0.497 e. The summed E-state index contributed by atoms with van der Waals surface area (Å²) in [6, 6.07) is 9.44. The number of methoxy groups -OCH3 is 1. The number of amides is 2. The van der Waals surface area contributed by atoms with Gasteiger partial charge in [0.2, 0.25) is 5.91 Å². The SMILES string of the molecule is COc1ccnc(C(=O)N2CCC[C@H](CCC(=O)Nc3ccccc3F)C2)c1. The first-order chi connectivity index (χ1) is 13.6. The molecule has 1 aromatic heterocycles. The molecule has 7 heteroatoms. The van der Waals surface area contributed by atoms with Gasteiger partial charge in [0.15, 0.2) is 0 Å². The number of rotatable bonds is 6. The fourth-order valence-corrected chi connectivity index (χ4v) is 3.41. The predicted octanol–water partition coefficient (Wildman–Crippen LogP) is 3.50. The fraction of sp³-hybridized carbons (Fsp3) is 0.381. The van der Waals surface area contributed by atoms with E-state index < -0.39 is 5.82 Å². The molecule has 0 bridgehead atoms. The number of halogens is 1. The number of hydrogen-bond acceptors (Lipinski definition) is 4. The number of carbonyl (C=O) groups excluding carboxylic acids is 2. The Hall–Kier alpha value is -2.96. The van der Waals surface area contributed by atoms with Gasteiger partial charge < -0.3 is 15.0 Å². The summed E-state index contributed by atoms with van der Waals surface area (Å²) in [6.07, 6.45) is 4.34. The lowest BCUT2D eigenvalue weighted by atomic mass is 9.93. The minimum Gasteiger partial charge on any atom is -0.497 e. The number of aromatic nitrogens is 1. The normalized spacial score (nSPS) is 16.5. The third kappa shape index (κ3) is 5.06. The first-order valence-corrected chi connectivity index (χ1v) is 9.40. The average Bonchev–Trinajstić information content (AvgIpc) is 2.73. The predicted molar refractivity (Wildman–Crippen MR) is 104 cm³/mol. The number of nitrogens with zero attached hydrogens (tertiary/aromatic N) is 2. The quantitative estimate of drug-likeness (QED) is 0.826. The summed E-state index contributed by atoms with van der Waals surface area (Å²) in [5, 5.41) is 2.60. The van der Waals surface area contributed by atoms with Gasteiger partial charge in [-0.2, -0.15) is 0 Å². The summed E-state index contributed by atoms with van der Waals surface area (Å²) in [5.41, 5.74) is 0.550. The van der Waals surface area contributed by atoms with Crippen LogP contribution in [0.2, 0.25) is 0 Å². The Balaban J connectivity index is 1.52. The molecule has 3 rings (SSSR count). The molecule has 1 atom stereocenters. The molecular formula is C21H24FN3O3. The summed E-state index contributed by atoms with van der Waals surface area (Å²) in [7, 11) is 1.55. The first kappa shape index (κ1) is 19.8. The van der Waals surface area contributed by atoms with Crippen LogP contribution in [0.4, 0.5) is 10.1 Å². The summed E-state index contributed by atoms with van der Waals surface area (Å²) in [4.78, 5) is 30.8. The van der Waals surface area contributed by atoms with Crippen molar-refractivity contribution in [1.29, 1.82) is 0 Å². The molecule has 1 fully saturated rings. The van der Waals surface area contributed by atoms with E-state index in [-0.39, 0.29) is 23.4 Å². The zero-order valence-corrected chi connectivity index (χ0v) is 15.9. The van der Waals surface area contributed by atoms with Crippen LogP contribution in [-0.4, -0.2) is 41.9 Å². The highest BCUT2D eigenvalue weighted by Gasteiger charge is 2.25. The number of nitrogens with one attached hydrogen (secondary N) is 1. The van der Waals surface area contributed by atoms with Crippen LogP contribution >= 0.6 is 0 Å². The highest BCUT2D eigenvalue weighted by Crippen LogP contribution is 2.23. The molecule has 1 aliphatic rings. The van der Waals surface area contributed by atoms with Gasteiger partial charge in [-0.1, -0.05) is 12.1 Å². The maximum absolute atomic E-state index is 13.6. The van der Waals surface area contributed by atoms with Gasteiger partial charge in [0.25, 0.3) is 5.91 Å². The third-order valence-electron chi connectivity index (χ3n) is 4.92. The first-order valence-electron chi connectivity index (χ1n) is 9.40. The topological polar surface area (TPSA) is 71.5 Å². The van der Waals surface area contributed by atoms with Gasteiger partial charge in [-0.25, -0.2) is 4.39 Å². The van der Waals surface area contributed by atoms with Crippen LogP contribution in [0.1, 0.15) is 36.2 Å². The highest BCUT2D eigenvalue weighted by atomic mass is 19.1. The number of para-hydroxylation sites is 1. The Bertz CT molecular complexity index is 843. The Morgan fingerprint density at radius 1 is 1.32 bits per heavy atom. The summed E-state index contributed by atoms with van der Waals surface area (Å²) < 4.78 is 18.8. The molecule has 1 N–H and O–H groups in total. The number of piperidine rings is 1. The van der Waals surface area contributed by atoms with E-state index in [9.17, 15) is 14.0 Å². The van der Waals surface area contributed by atoms with Crippen molar-refractivity contribution in [2.24, 2.45) is 5.92 Å². The van der Waals surface area contributed by atoms with E-state index in [0.717, 1.165) is 12.8 Å². The molecule has 1 aromatic carbocycles. The van der Waals surface area contributed by atoms with E-state index in [4.69, 9.17) is 4.74 Å². The summed E-state index contributed by atoms with van der Waals surface area (Å²) >= 11 is 0. The van der Waals surface area contributed by atoms with Crippen LogP contribution in [0.5, 0.6) is 5.75 Å². The fourth-order valence-electron chi connectivity index (χ4n) is 3.41. The van der Waals surface area contributed by atoms with Crippen molar-refractivity contribution >= 4 is 17.5 Å². The van der Waals surface area contributed by atoms with Crippen LogP contribution < -0.4 is 10.1 Å². The molecule has 1 saturated heterocycles. The van der Waals surface area contributed by atoms with E-state index in [0.29, 0.717) is 37.4 Å². The van der Waals surface area contributed by atoms with Crippen molar-refractivity contribution in [3.8, 4) is 5.75 Å². The molecule has 1 aliphatic heterocycles. The molecule has 2 aromatic rings. The highest BCUT2D eigenvalue weighted by molar-refractivity contribution is 5.93. The minimum absolute atomic E-state index is 0.126. The Morgan fingerprint density at radius 3 is 2.93 bits per heavy atom. The lowest BCUT2D eigenvalue weighted by Crippen LogP contribution is -2.40. The molecule has 148 valence electrons. The van der Waals surface area contributed by atoms with Gasteiger partial charge >= 0.3 is 0 Å². The lowest BCUT2D eigenvalue weighted by Gasteiger charge is -2.32. The second-order valence-electron chi connectivity index (χ2n) is 6.91. The van der Waals surface area contributed by atoms with Crippen LogP contribution in [0.25, 0.3) is 0 Å². The summed E-state index contributed by atoms with van der Waals surface area (Å²) in [6.45, 7) is 1.26. The zero-order valence-electron chi connectivity index (χ0n) is 15.9. The lowest BCUT2D eigenvalue weighted by molar-refractivity contribution is -0.116. The second-order valence-corrected chi connectivity index (χ2v) is 6.91. The Labute approximate surface area is 163 Å². The molecule has 2 amide bonds. The molecule has 0 saturated carbocycles. The average molecular weight is 385 g/mol. The van der Waals surface area contributed by atoms with Crippen molar-refractivity contribution in [3.63, 3.8) is 0 Å².